The van der Waals surface area contributed by atoms with Gasteiger partial charge in [0, 0.05) is 128 Å². The van der Waals surface area contributed by atoms with Crippen LogP contribution in [-0.4, -0.2) is 254 Å². The molecule has 4 saturated heterocycles. The molecular formula is C102H126BrCl3FN21O13P4S2. The molecule has 8 N–H and O–H groups in total. The summed E-state index contributed by atoms with van der Waals surface area (Å²) in [6.45, 7) is 26.6. The normalized spacial score (nSPS) is 15.4. The first-order chi connectivity index (χ1) is 69.9. The summed E-state index contributed by atoms with van der Waals surface area (Å²) in [5.74, 6) is 4.91. The van der Waals surface area contributed by atoms with Gasteiger partial charge in [-0.25, -0.2) is 41.2 Å². The number of rotatable bonds is 33. The van der Waals surface area contributed by atoms with Crippen LogP contribution in [0.3, 0.4) is 0 Å². The molecule has 45 heteroatoms. The highest BCUT2D eigenvalue weighted by molar-refractivity contribution is 9.10. The van der Waals surface area contributed by atoms with Gasteiger partial charge < -0.3 is 104 Å². The second kappa shape index (κ2) is 48.8. The molecule has 0 spiro atoms. The third kappa shape index (κ3) is 28.4. The first kappa shape index (κ1) is 112. The Labute approximate surface area is 883 Å². The van der Waals surface area contributed by atoms with Crippen molar-refractivity contribution >= 4 is 224 Å². The van der Waals surface area contributed by atoms with E-state index in [0.29, 0.717) is 147 Å². The Morgan fingerprint density at radius 2 is 0.789 bits per heavy atom. The maximum atomic E-state index is 15.4. The molecule has 5 fully saturated rings. The Morgan fingerprint density at radius 3 is 1.25 bits per heavy atom. The summed E-state index contributed by atoms with van der Waals surface area (Å²) in [4.78, 5) is 47.4. The van der Waals surface area contributed by atoms with Gasteiger partial charge in [-0.05, 0) is 245 Å². The number of aromatic nitrogens is 8. The van der Waals surface area contributed by atoms with E-state index in [4.69, 9.17) is 58.5 Å². The Balaban J connectivity index is 0.000000155. The highest BCUT2D eigenvalue weighted by Gasteiger charge is 2.38. The van der Waals surface area contributed by atoms with Crippen molar-refractivity contribution in [1.29, 1.82) is 0 Å². The van der Waals surface area contributed by atoms with Crippen molar-refractivity contribution in [2.75, 3.05) is 213 Å². The molecule has 12 aromatic rings. The second-order valence-corrected chi connectivity index (χ2v) is 57.5. The molecule has 0 atom stereocenters. The first-order valence-corrected chi connectivity index (χ1v) is 62.9. The van der Waals surface area contributed by atoms with Crippen molar-refractivity contribution < 1.29 is 63.2 Å². The minimum atomic E-state index is -3.54. The number of halogens is 5. The number of anilines is 18. The first-order valence-electron chi connectivity index (χ1n) is 48.0. The summed E-state index contributed by atoms with van der Waals surface area (Å²) < 4.78 is 146. The summed E-state index contributed by atoms with van der Waals surface area (Å²) in [6, 6.07) is 47.4. The van der Waals surface area contributed by atoms with E-state index >= 15 is 4.39 Å². The molecule has 5 aliphatic rings. The van der Waals surface area contributed by atoms with Gasteiger partial charge in [-0.2, -0.15) is 19.9 Å². The Bertz CT molecular complexity index is 7180. The number of nitrogens with one attached hydrogen (secondary N) is 8. The number of benzene rings is 8. The quantitative estimate of drug-likeness (QED) is 0.0177. The number of piperazine rings is 1. The molecule has 0 radical (unpaired) electrons. The second-order valence-electron chi connectivity index (χ2n) is 37.7. The minimum Gasteiger partial charge on any atom is -0.495 e. The van der Waals surface area contributed by atoms with Gasteiger partial charge in [0.1, 0.15) is 84.0 Å². The Morgan fingerprint density at radius 1 is 0.408 bits per heavy atom. The van der Waals surface area contributed by atoms with Crippen molar-refractivity contribution in [2.45, 2.75) is 98.6 Å². The van der Waals surface area contributed by atoms with Gasteiger partial charge in [-0.1, -0.05) is 71.2 Å². The van der Waals surface area contributed by atoms with E-state index in [1.54, 1.807) is 187 Å². The topological polar surface area (TPSA) is 398 Å². The van der Waals surface area contributed by atoms with Crippen LogP contribution in [0.1, 0.15) is 66.2 Å². The van der Waals surface area contributed by atoms with E-state index in [1.165, 1.54) is 70.5 Å². The fourth-order valence-corrected chi connectivity index (χ4v) is 25.6. The number of hydrogen-bond donors (Lipinski definition) is 8. The number of sulfone groups is 2. The van der Waals surface area contributed by atoms with Gasteiger partial charge in [0.05, 0.1) is 130 Å². The molecule has 0 amide bonds. The summed E-state index contributed by atoms with van der Waals surface area (Å²) in [6.07, 6.45) is 14.5. The summed E-state index contributed by atoms with van der Waals surface area (Å²) in [5.41, 5.74) is 6.11. The van der Waals surface area contributed by atoms with Crippen LogP contribution < -0.4 is 97.2 Å². The number of likely N-dealkylation sites (N-methyl/N-ethyl adjacent to an activating group) is 1. The van der Waals surface area contributed by atoms with Gasteiger partial charge in [-0.15, -0.1) is 0 Å². The lowest BCUT2D eigenvalue weighted by atomic mass is 10.0. The molecule has 784 valence electrons. The van der Waals surface area contributed by atoms with Crippen molar-refractivity contribution in [3.05, 3.63) is 208 Å². The highest BCUT2D eigenvalue weighted by atomic mass is 79.9. The molecule has 4 aliphatic heterocycles. The zero-order chi connectivity index (χ0) is 106. The van der Waals surface area contributed by atoms with Crippen LogP contribution in [0.5, 0.6) is 28.7 Å². The molecule has 1 aliphatic carbocycles. The van der Waals surface area contributed by atoms with Crippen molar-refractivity contribution in [1.82, 2.24) is 54.6 Å². The van der Waals surface area contributed by atoms with Gasteiger partial charge in [-0.3, -0.25) is 4.90 Å². The molecule has 0 unspecified atom stereocenters. The van der Waals surface area contributed by atoms with Gasteiger partial charge in [0.25, 0.3) is 0 Å². The Hall–Kier alpha value is -10.9. The largest absolute Gasteiger partial charge is 0.495 e. The molecule has 0 bridgehead atoms. The zero-order valence-corrected chi connectivity index (χ0v) is 94.0. The zero-order valence-electron chi connectivity index (χ0n) is 85.0. The van der Waals surface area contributed by atoms with Gasteiger partial charge in [0.2, 0.25) is 23.8 Å². The van der Waals surface area contributed by atoms with Crippen LogP contribution >= 0.6 is 79.3 Å². The van der Waals surface area contributed by atoms with Crippen molar-refractivity contribution in [2.24, 2.45) is 0 Å². The van der Waals surface area contributed by atoms with E-state index in [9.17, 15) is 35.1 Å². The lowest BCUT2D eigenvalue weighted by molar-refractivity contribution is 0.207. The lowest BCUT2D eigenvalue weighted by Crippen LogP contribution is -2.44. The third-order valence-electron chi connectivity index (χ3n) is 25.7. The molecule has 34 nitrogen and oxygen atoms in total. The number of nitrogens with zero attached hydrogens (tertiary/aromatic N) is 13. The van der Waals surface area contributed by atoms with Gasteiger partial charge >= 0.3 is 0 Å². The molecule has 1 saturated carbocycles. The summed E-state index contributed by atoms with van der Waals surface area (Å²) in [5, 5.41) is 27.8. The smallest absolute Gasteiger partial charge is 0.229 e. The predicted molar refractivity (Wildman–Crippen MR) is 601 cm³/mol. The van der Waals surface area contributed by atoms with Crippen LogP contribution in [0.2, 0.25) is 15.1 Å². The number of methoxy groups -OCH3 is 5. The average molecular weight is 2250 g/mol. The highest BCUT2D eigenvalue weighted by Crippen LogP contribution is 2.51. The average Bonchev–Trinajstić information content (AvgIpc) is 1.77. The van der Waals surface area contributed by atoms with Crippen LogP contribution in [-0.2, 0) is 37.9 Å². The van der Waals surface area contributed by atoms with Crippen LogP contribution in [0.4, 0.5) is 108 Å². The molecule has 4 aromatic heterocycles. The molecule has 147 heavy (non-hydrogen) atoms. The van der Waals surface area contributed by atoms with E-state index in [-0.39, 0.29) is 44.3 Å². The lowest BCUT2D eigenvalue weighted by Gasteiger charge is -2.38. The van der Waals surface area contributed by atoms with Gasteiger partial charge in [0.15, 0.2) is 37.1 Å². The van der Waals surface area contributed by atoms with Crippen LogP contribution in [0, 0.1) is 5.82 Å². The van der Waals surface area contributed by atoms with E-state index in [1.807, 2.05) is 60.7 Å². The van der Waals surface area contributed by atoms with E-state index in [0.717, 1.165) is 87.2 Å². The fourth-order valence-electron chi connectivity index (χ4n) is 17.1. The monoisotopic (exact) mass is 2240 g/mol. The fraction of sp³-hybridized carbons (Fsp3) is 0.373. The third-order valence-corrected chi connectivity index (χ3v) is 39.2. The number of ether oxygens (including phenoxy) is 5. The minimum absolute atomic E-state index is 0.166. The van der Waals surface area contributed by atoms with Crippen molar-refractivity contribution in [3.63, 3.8) is 0 Å². The predicted octanol–water partition coefficient (Wildman–Crippen LogP) is 21.2. The maximum absolute atomic E-state index is 15.4. The Kier molecular flexibility index (Phi) is 37.1. The molecular weight excluding hydrogens is 2120 g/mol. The van der Waals surface area contributed by atoms with E-state index in [2.05, 4.69) is 136 Å². The summed E-state index contributed by atoms with van der Waals surface area (Å²) in [7, 11) is -6.95. The molecule has 17 rings (SSSR count). The maximum Gasteiger partial charge on any atom is 0.229 e. The summed E-state index contributed by atoms with van der Waals surface area (Å²) >= 11 is 22.6. The standard InChI is InChI=1S/C28H35ClFN6O2P.C27H33ClN5O4PS.C25H32ClN6O3P.C22H26BrN4O4PS/c1-38-25-17-24(36-14-10-19(11-15-36)35-12-6-7-13-35)21(30)16-23(25)33-28-31-18-20(29)27(34-28)32-22-8-4-5-9-26(22)39(2,3)37;1-18(2)39(35,36)25-7-5-4-6-23(25)30-26-21(28)17-29-27(32-26)31-22-11-10-20(16-24(22)37-3)38(34)14-12-33(13-15-38)19-8-9-19;1-31-10-12-32(13-11-31)17-6-8-21(22(14-17)34-2)29-25-27-16-19(26)24(30-25)28-20-9-7-18(36(4,5)33)15-23(20)35-3;1-14(2)33(29,30)20-9-7-6-8-18(20)25-21-16(23)13-24-22(27-21)26-17-11-10-15(32(4,5)28)12-19(17)31-3/h4-5,8-9,16-19H,6-7,10-15H2,1-3H3,(H2,31,32,33,34);4-7,10-11,16-19H,8-9,12-15H2,1-3H3,(H2,29,30,31,32);6-9,14-16H,10-13H2,1-5H3,(H2,27,28,29,30);6-14H,1-5H3,(H2,24,25,26,27). The van der Waals surface area contributed by atoms with Crippen LogP contribution in [0.25, 0.3) is 0 Å². The number of piperidine rings is 1. The van der Waals surface area contributed by atoms with Crippen LogP contribution in [0.15, 0.2) is 197 Å². The molecule has 8 aromatic carbocycles. The van der Waals surface area contributed by atoms with E-state index < -0.39 is 58.7 Å². The number of para-hydroxylation sites is 3. The number of hydrogen-bond acceptors (Lipinski definition) is 34. The number of likely N-dealkylation sites (tertiary alicyclic amines) is 1. The molecule has 8 heterocycles. The van der Waals surface area contributed by atoms with Crippen molar-refractivity contribution in [3.8, 4) is 28.7 Å². The SMILES string of the molecule is COc1cc(N2CCC(N3CCCC3)CC2)c(F)cc1Nc1ncc(Cl)c(Nc2ccccc2P(C)(C)=O)n1.COc1cc(N2CCN(C)CC2)ccc1Nc1ncc(Cl)c(Nc2ccc(P(C)(C)=O)cc2OC)n1.COc1cc(P(C)(C)=O)ccc1Nc1ncc(Br)c(Nc2ccccc2S(=O)(=O)C(C)C)n1.COc1cc(P2(=O)CCN(C3CC3)CC2)ccc1Nc1ncc(Cl)c(Nc2ccccc2S(=O)(=O)C(C)C)n1.